The van der Waals surface area contributed by atoms with Crippen molar-refractivity contribution < 1.29 is 4.74 Å². The Balaban J connectivity index is 1.99. The third-order valence-corrected chi connectivity index (χ3v) is 3.21. The van der Waals surface area contributed by atoms with Gasteiger partial charge in [0, 0.05) is 4.47 Å². The molecule has 5 heteroatoms. The predicted molar refractivity (Wildman–Crippen MR) is 65.0 cm³/mol. The minimum atomic E-state index is 0.470. The van der Waals surface area contributed by atoms with Crippen LogP contribution in [0.5, 0.6) is 5.75 Å². The van der Waals surface area contributed by atoms with Gasteiger partial charge in [0.2, 0.25) is 0 Å². The molecule has 15 heavy (non-hydrogen) atoms. The van der Waals surface area contributed by atoms with Gasteiger partial charge in [-0.05, 0) is 24.3 Å². The second-order valence-corrected chi connectivity index (χ2v) is 4.76. The van der Waals surface area contributed by atoms with Gasteiger partial charge in [-0.3, -0.25) is 0 Å². The molecule has 2 N–H and O–H groups in total. The molecule has 0 aliphatic carbocycles. The number of aromatic nitrogens is 1. The van der Waals surface area contributed by atoms with Crippen LogP contribution >= 0.6 is 27.3 Å². The fourth-order valence-corrected chi connectivity index (χ4v) is 1.93. The summed E-state index contributed by atoms with van der Waals surface area (Å²) in [5.74, 6) is 1.38. The van der Waals surface area contributed by atoms with E-state index >= 15 is 0 Å². The third-order valence-electron chi connectivity index (χ3n) is 1.86. The molecule has 0 fully saturated rings. The Bertz CT molecular complexity index is 441. The summed E-state index contributed by atoms with van der Waals surface area (Å²) in [5.41, 5.74) is 7.36. The second kappa shape index (κ2) is 4.63. The molecule has 0 bridgehead atoms. The standard InChI is InChI=1S/C10H9BrN2OS/c11-7-1-3-8(4-2-7)14-5-9-10(12)13-6-15-9/h1-4,6H,5,12H2. The van der Waals surface area contributed by atoms with Crippen LogP contribution in [0.25, 0.3) is 0 Å². The maximum Gasteiger partial charge on any atom is 0.141 e. The van der Waals surface area contributed by atoms with E-state index in [1.165, 1.54) is 11.3 Å². The Morgan fingerprint density at radius 3 is 2.67 bits per heavy atom. The van der Waals surface area contributed by atoms with Gasteiger partial charge < -0.3 is 10.5 Å². The number of nitrogen functional groups attached to an aromatic ring is 1. The van der Waals surface area contributed by atoms with Crippen molar-refractivity contribution in [3.63, 3.8) is 0 Å². The average molecular weight is 285 g/mol. The molecule has 0 unspecified atom stereocenters. The van der Waals surface area contributed by atoms with E-state index in [0.717, 1.165) is 15.1 Å². The van der Waals surface area contributed by atoms with E-state index in [-0.39, 0.29) is 0 Å². The van der Waals surface area contributed by atoms with Crippen LogP contribution in [-0.4, -0.2) is 4.98 Å². The van der Waals surface area contributed by atoms with Gasteiger partial charge in [0.25, 0.3) is 0 Å². The van der Waals surface area contributed by atoms with E-state index in [2.05, 4.69) is 20.9 Å². The molecule has 1 aromatic heterocycles. The Kier molecular flexibility index (Phi) is 3.23. The number of hydrogen-bond donors (Lipinski definition) is 1. The highest BCUT2D eigenvalue weighted by Crippen LogP contribution is 2.20. The lowest BCUT2D eigenvalue weighted by Crippen LogP contribution is -1.97. The van der Waals surface area contributed by atoms with E-state index in [0.29, 0.717) is 12.4 Å². The number of hydrogen-bond acceptors (Lipinski definition) is 4. The molecule has 0 saturated heterocycles. The first-order valence-electron chi connectivity index (χ1n) is 4.32. The van der Waals surface area contributed by atoms with Crippen LogP contribution in [0.3, 0.4) is 0 Å². The Morgan fingerprint density at radius 1 is 1.33 bits per heavy atom. The number of rotatable bonds is 3. The van der Waals surface area contributed by atoms with Crippen molar-refractivity contribution in [3.05, 3.63) is 39.1 Å². The molecule has 78 valence electrons. The van der Waals surface area contributed by atoms with Crippen LogP contribution in [0.2, 0.25) is 0 Å². The summed E-state index contributed by atoms with van der Waals surface area (Å²) in [4.78, 5) is 4.91. The zero-order valence-corrected chi connectivity index (χ0v) is 10.2. The Morgan fingerprint density at radius 2 is 2.07 bits per heavy atom. The van der Waals surface area contributed by atoms with Crippen LogP contribution in [0.1, 0.15) is 4.88 Å². The lowest BCUT2D eigenvalue weighted by atomic mass is 10.3. The fourth-order valence-electron chi connectivity index (χ4n) is 1.07. The van der Waals surface area contributed by atoms with Crippen molar-refractivity contribution in [3.8, 4) is 5.75 Å². The van der Waals surface area contributed by atoms with Gasteiger partial charge in [-0.1, -0.05) is 15.9 Å². The lowest BCUT2D eigenvalue weighted by Gasteiger charge is -2.04. The number of nitrogens with zero attached hydrogens (tertiary/aromatic N) is 1. The summed E-state index contributed by atoms with van der Waals surface area (Å²) in [6.07, 6.45) is 0. The van der Waals surface area contributed by atoms with E-state index in [9.17, 15) is 0 Å². The van der Waals surface area contributed by atoms with E-state index in [4.69, 9.17) is 10.5 Å². The number of nitrogens with two attached hydrogens (primary N) is 1. The van der Waals surface area contributed by atoms with Gasteiger partial charge in [0.1, 0.15) is 18.2 Å². The van der Waals surface area contributed by atoms with E-state index in [1.54, 1.807) is 5.51 Å². The first-order chi connectivity index (χ1) is 7.25. The molecule has 1 aromatic carbocycles. The normalized spacial score (nSPS) is 10.2. The van der Waals surface area contributed by atoms with Gasteiger partial charge in [-0.2, -0.15) is 0 Å². The second-order valence-electron chi connectivity index (χ2n) is 2.90. The van der Waals surface area contributed by atoms with Gasteiger partial charge in [0.15, 0.2) is 0 Å². The van der Waals surface area contributed by atoms with Crippen molar-refractivity contribution >= 4 is 33.1 Å². The highest BCUT2D eigenvalue weighted by Gasteiger charge is 2.02. The predicted octanol–water partition coefficient (Wildman–Crippen LogP) is 3.07. The summed E-state index contributed by atoms with van der Waals surface area (Å²) in [6.45, 7) is 0.470. The first-order valence-corrected chi connectivity index (χ1v) is 5.99. The van der Waals surface area contributed by atoms with Crippen LogP contribution in [-0.2, 0) is 6.61 Å². The first kappa shape index (κ1) is 10.4. The van der Waals surface area contributed by atoms with Gasteiger partial charge in [0.05, 0.1) is 10.4 Å². The van der Waals surface area contributed by atoms with Crippen LogP contribution < -0.4 is 10.5 Å². The molecule has 3 nitrogen and oxygen atoms in total. The summed E-state index contributed by atoms with van der Waals surface area (Å²) >= 11 is 4.86. The highest BCUT2D eigenvalue weighted by atomic mass is 79.9. The number of benzene rings is 1. The van der Waals surface area contributed by atoms with Gasteiger partial charge in [-0.15, -0.1) is 11.3 Å². The highest BCUT2D eigenvalue weighted by molar-refractivity contribution is 9.10. The minimum absolute atomic E-state index is 0.470. The molecule has 0 spiro atoms. The molecule has 2 rings (SSSR count). The summed E-state index contributed by atoms with van der Waals surface area (Å²) in [6, 6.07) is 7.68. The Hall–Kier alpha value is -1.07. The van der Waals surface area contributed by atoms with Crippen LogP contribution in [0.4, 0.5) is 5.82 Å². The van der Waals surface area contributed by atoms with Crippen molar-refractivity contribution in [1.82, 2.24) is 4.98 Å². The van der Waals surface area contributed by atoms with Crippen molar-refractivity contribution in [1.29, 1.82) is 0 Å². The quantitative estimate of drug-likeness (QED) is 0.942. The van der Waals surface area contributed by atoms with Gasteiger partial charge in [-0.25, -0.2) is 4.98 Å². The monoisotopic (exact) mass is 284 g/mol. The minimum Gasteiger partial charge on any atom is -0.488 e. The largest absolute Gasteiger partial charge is 0.488 e. The number of thiazole rings is 1. The molecule has 2 aromatic rings. The summed E-state index contributed by atoms with van der Waals surface area (Å²) in [5, 5.41) is 0. The molecule has 0 amide bonds. The molecule has 0 atom stereocenters. The zero-order chi connectivity index (χ0) is 10.7. The molecule has 0 saturated carbocycles. The molecular weight excluding hydrogens is 276 g/mol. The Labute approximate surface area is 100 Å². The van der Waals surface area contributed by atoms with Crippen LogP contribution in [0, 0.1) is 0 Å². The van der Waals surface area contributed by atoms with Crippen molar-refractivity contribution in [2.24, 2.45) is 0 Å². The number of ether oxygens (including phenoxy) is 1. The van der Waals surface area contributed by atoms with Crippen molar-refractivity contribution in [2.75, 3.05) is 5.73 Å². The maximum absolute atomic E-state index is 5.64. The summed E-state index contributed by atoms with van der Waals surface area (Å²) < 4.78 is 6.59. The van der Waals surface area contributed by atoms with E-state index < -0.39 is 0 Å². The fraction of sp³-hybridized carbons (Fsp3) is 0.100. The SMILES string of the molecule is Nc1ncsc1COc1ccc(Br)cc1. The zero-order valence-electron chi connectivity index (χ0n) is 7.81. The molecule has 0 radical (unpaired) electrons. The molecule has 0 aliphatic heterocycles. The topological polar surface area (TPSA) is 48.1 Å². The lowest BCUT2D eigenvalue weighted by molar-refractivity contribution is 0.310. The third kappa shape index (κ3) is 2.70. The molecule has 0 aliphatic rings. The molecular formula is C10H9BrN2OS. The average Bonchev–Trinajstić information content (AvgIpc) is 2.63. The smallest absolute Gasteiger partial charge is 0.141 e. The van der Waals surface area contributed by atoms with E-state index in [1.807, 2.05) is 24.3 Å². The molecule has 1 heterocycles. The summed E-state index contributed by atoms with van der Waals surface area (Å²) in [7, 11) is 0. The van der Waals surface area contributed by atoms with Crippen LogP contribution in [0.15, 0.2) is 34.2 Å². The maximum atomic E-state index is 5.64. The number of anilines is 1. The van der Waals surface area contributed by atoms with Crippen molar-refractivity contribution in [2.45, 2.75) is 6.61 Å². The van der Waals surface area contributed by atoms with Gasteiger partial charge >= 0.3 is 0 Å². The number of halogens is 1.